The number of carbonyl (C=O) groups excluding carboxylic acids is 1. The van der Waals surface area contributed by atoms with Crippen LogP contribution in [0.2, 0.25) is 18.1 Å². The Bertz CT molecular complexity index is 1730. The first-order valence-corrected chi connectivity index (χ1v) is 21.1. The number of hydrogen-bond acceptors (Lipinski definition) is 11. The molecule has 11 nitrogen and oxygen atoms in total. The second-order valence-electron chi connectivity index (χ2n) is 14.8. The maximum Gasteiger partial charge on any atom is 0.340 e. The number of oxime groups is 1. The molecule has 0 N–H and O–H groups in total. The lowest BCUT2D eigenvalue weighted by atomic mass is 10.0. The van der Waals surface area contributed by atoms with Gasteiger partial charge in [-0.1, -0.05) is 86.6 Å². The van der Waals surface area contributed by atoms with Crippen LogP contribution in [0.15, 0.2) is 83.1 Å². The molecule has 5 atom stereocenters. The summed E-state index contributed by atoms with van der Waals surface area (Å²) < 4.78 is 38.3. The van der Waals surface area contributed by atoms with Gasteiger partial charge in [-0.3, -0.25) is 5.01 Å². The zero-order valence-electron chi connectivity index (χ0n) is 30.1. The van der Waals surface area contributed by atoms with Crippen molar-refractivity contribution >= 4 is 49.3 Å². The van der Waals surface area contributed by atoms with Crippen molar-refractivity contribution in [3.63, 3.8) is 0 Å². The molecule has 3 heterocycles. The van der Waals surface area contributed by atoms with Crippen molar-refractivity contribution in [3.05, 3.63) is 93.1 Å². The van der Waals surface area contributed by atoms with E-state index < -0.39 is 44.5 Å². The van der Waals surface area contributed by atoms with Crippen LogP contribution in [0.25, 0.3) is 0 Å². The first-order chi connectivity index (χ1) is 24.2. The fourth-order valence-electron chi connectivity index (χ4n) is 5.62. The molecular weight excluding hydrogens is 781 g/mol. The Morgan fingerprint density at radius 2 is 1.71 bits per heavy atom. The van der Waals surface area contributed by atoms with E-state index in [1.54, 1.807) is 24.6 Å². The third-order valence-electron chi connectivity index (χ3n) is 9.46. The van der Waals surface area contributed by atoms with Crippen molar-refractivity contribution in [1.82, 2.24) is 5.01 Å². The molecule has 3 aliphatic rings. The topological polar surface area (TPSA) is 109 Å². The van der Waals surface area contributed by atoms with Crippen molar-refractivity contribution in [1.29, 1.82) is 0 Å². The average molecular weight is 828 g/mol. The Kier molecular flexibility index (Phi) is 11.1. The highest BCUT2D eigenvalue weighted by Gasteiger charge is 2.52. The van der Waals surface area contributed by atoms with Crippen LogP contribution >= 0.6 is 22.6 Å². The number of hydrazone groups is 1. The van der Waals surface area contributed by atoms with E-state index in [-0.39, 0.29) is 17.9 Å². The van der Waals surface area contributed by atoms with Gasteiger partial charge in [-0.2, -0.15) is 5.10 Å². The van der Waals surface area contributed by atoms with Crippen LogP contribution in [-0.2, 0) is 30.1 Å². The number of benzene rings is 3. The standard InChI is InChI=1S/C38H46IN3O8Si/c1-37(2,3)51(6,7)50-35(34-33(48-38(4,5)49-34)21-41-46-23-25-14-10-8-11-15-25)32(20-40-42-22-29(42)26-16-12-9-13-17-26)47-36(43)27-18-30-31(19-28(27)39)45-24-44-30/h8-21,29,32-35H,22-24H2,1-7H3/b40-20+,41-21+/t29-,32+,33-,34-,35-,42?/m0/s1. The number of fused-ring (bicyclic) bond motifs is 1. The third kappa shape index (κ3) is 9.12. The monoisotopic (exact) mass is 827 g/mol. The predicted octanol–water partition coefficient (Wildman–Crippen LogP) is 7.70. The minimum Gasteiger partial charge on any atom is -0.454 e. The van der Waals surface area contributed by atoms with Gasteiger partial charge in [0, 0.05) is 3.57 Å². The normalized spacial score (nSPS) is 22.4. The molecule has 272 valence electrons. The average Bonchev–Trinajstić information content (AvgIpc) is 3.60. The van der Waals surface area contributed by atoms with Crippen LogP contribution in [-0.4, -0.2) is 75.3 Å². The molecule has 0 aliphatic carbocycles. The summed E-state index contributed by atoms with van der Waals surface area (Å²) in [6.07, 6.45) is 0.0207. The van der Waals surface area contributed by atoms with E-state index in [9.17, 15) is 4.79 Å². The molecule has 2 fully saturated rings. The number of carbonyl (C=O) groups is 1. The Balaban J connectivity index is 1.34. The minimum absolute atomic E-state index is 0.0901. The van der Waals surface area contributed by atoms with Gasteiger partial charge in [-0.15, -0.1) is 0 Å². The lowest BCUT2D eigenvalue weighted by Crippen LogP contribution is -2.55. The van der Waals surface area contributed by atoms with E-state index in [0.717, 1.165) is 17.7 Å². The molecule has 0 spiro atoms. The Labute approximate surface area is 314 Å². The molecule has 0 unspecified atom stereocenters. The molecule has 0 saturated carbocycles. The van der Waals surface area contributed by atoms with Crippen molar-refractivity contribution in [3.8, 4) is 11.5 Å². The zero-order chi connectivity index (χ0) is 36.4. The van der Waals surface area contributed by atoms with Crippen LogP contribution in [0.4, 0.5) is 0 Å². The molecule has 3 aromatic carbocycles. The summed E-state index contributed by atoms with van der Waals surface area (Å²) >= 11 is 2.11. The quantitative estimate of drug-likeness (QED) is 0.0428. The number of nitrogens with zero attached hydrogens (tertiary/aromatic N) is 3. The summed E-state index contributed by atoms with van der Waals surface area (Å²) in [5.74, 6) is -0.486. The summed E-state index contributed by atoms with van der Waals surface area (Å²) in [6.45, 7) is 15.6. The summed E-state index contributed by atoms with van der Waals surface area (Å²) in [4.78, 5) is 19.8. The molecule has 3 aliphatic heterocycles. The molecule has 6 rings (SSSR count). The van der Waals surface area contributed by atoms with Crippen molar-refractivity contribution in [2.45, 2.75) is 95.6 Å². The molecule has 0 radical (unpaired) electrons. The summed E-state index contributed by atoms with van der Waals surface area (Å²) in [5.41, 5.74) is 2.49. The number of halogens is 1. The Hall–Kier alpha value is -3.50. The van der Waals surface area contributed by atoms with E-state index in [1.165, 1.54) is 0 Å². The molecule has 2 saturated heterocycles. The van der Waals surface area contributed by atoms with Crippen LogP contribution in [0.1, 0.15) is 62.1 Å². The van der Waals surface area contributed by atoms with Gasteiger partial charge in [0.2, 0.25) is 6.79 Å². The van der Waals surface area contributed by atoms with E-state index in [2.05, 4.69) is 73.7 Å². The van der Waals surface area contributed by atoms with Crippen molar-refractivity contribution < 1.29 is 37.7 Å². The highest BCUT2D eigenvalue weighted by molar-refractivity contribution is 14.1. The van der Waals surface area contributed by atoms with Gasteiger partial charge in [-0.25, -0.2) is 4.79 Å². The molecule has 13 heteroatoms. The summed E-state index contributed by atoms with van der Waals surface area (Å²) in [6, 6.07) is 23.5. The second-order valence-corrected chi connectivity index (χ2v) is 20.7. The van der Waals surface area contributed by atoms with Gasteiger partial charge in [0.25, 0.3) is 0 Å². The fraction of sp³-hybridized carbons (Fsp3) is 0.447. The third-order valence-corrected chi connectivity index (χ3v) is 14.8. The van der Waals surface area contributed by atoms with Crippen LogP contribution in [0.3, 0.4) is 0 Å². The molecule has 0 aromatic heterocycles. The van der Waals surface area contributed by atoms with Crippen LogP contribution in [0.5, 0.6) is 11.5 Å². The lowest BCUT2D eigenvalue weighted by molar-refractivity contribution is -0.156. The largest absolute Gasteiger partial charge is 0.454 e. The second kappa shape index (κ2) is 15.2. The Morgan fingerprint density at radius 1 is 1.04 bits per heavy atom. The van der Waals surface area contributed by atoms with E-state index >= 15 is 0 Å². The number of hydrogen-bond donors (Lipinski definition) is 0. The Morgan fingerprint density at radius 3 is 2.39 bits per heavy atom. The minimum atomic E-state index is -2.53. The van der Waals surface area contributed by atoms with E-state index in [4.69, 9.17) is 38.0 Å². The number of esters is 1. The highest BCUT2D eigenvalue weighted by atomic mass is 127. The summed E-state index contributed by atoms with van der Waals surface area (Å²) in [5, 5.41) is 10.9. The highest BCUT2D eigenvalue weighted by Crippen LogP contribution is 2.42. The van der Waals surface area contributed by atoms with Crippen LogP contribution < -0.4 is 9.47 Å². The van der Waals surface area contributed by atoms with Crippen molar-refractivity contribution in [2.75, 3.05) is 13.3 Å². The lowest BCUT2D eigenvalue weighted by Gasteiger charge is -2.42. The first kappa shape index (κ1) is 37.3. The molecular formula is C38H46IN3O8Si. The van der Waals surface area contributed by atoms with Crippen LogP contribution in [0, 0.1) is 3.57 Å². The maximum absolute atomic E-state index is 14.1. The van der Waals surface area contributed by atoms with Crippen molar-refractivity contribution in [2.24, 2.45) is 10.3 Å². The SMILES string of the molecule is CC1(C)O[C@H]([C@@H](O[Si](C)(C)C(C)(C)C)[C@@H](/C=N/N2C[C@H]2c2ccccc2)OC(=O)c2cc3c(cc2I)OCO3)[C@H](/C=N/OCc2ccccc2)O1. The smallest absolute Gasteiger partial charge is 0.340 e. The fourth-order valence-corrected chi connectivity index (χ4v) is 7.58. The van der Waals surface area contributed by atoms with Gasteiger partial charge in [-0.05, 0) is 77.8 Å². The van der Waals surface area contributed by atoms with E-state index in [1.807, 2.05) is 67.4 Å². The molecule has 51 heavy (non-hydrogen) atoms. The first-order valence-electron chi connectivity index (χ1n) is 17.1. The van der Waals surface area contributed by atoms with Gasteiger partial charge < -0.3 is 32.9 Å². The van der Waals surface area contributed by atoms with E-state index in [0.29, 0.717) is 27.2 Å². The maximum atomic E-state index is 14.1. The zero-order valence-corrected chi connectivity index (χ0v) is 33.2. The summed E-state index contributed by atoms with van der Waals surface area (Å²) in [7, 11) is -2.53. The number of rotatable bonds is 13. The number of ether oxygens (including phenoxy) is 5. The van der Waals surface area contributed by atoms with Gasteiger partial charge in [0.05, 0.1) is 30.6 Å². The predicted molar refractivity (Wildman–Crippen MR) is 204 cm³/mol. The van der Waals surface area contributed by atoms with Gasteiger partial charge in [0.1, 0.15) is 24.9 Å². The molecule has 0 bridgehead atoms. The molecule has 0 amide bonds. The van der Waals surface area contributed by atoms with Gasteiger partial charge in [0.15, 0.2) is 31.7 Å². The molecule has 3 aromatic rings. The van der Waals surface area contributed by atoms with Gasteiger partial charge >= 0.3 is 5.97 Å².